The smallest absolute Gasteiger partial charge is 0.253 e. The first kappa shape index (κ1) is 15.3. The molecule has 21 heavy (non-hydrogen) atoms. The topological polar surface area (TPSA) is 49.4 Å². The molecule has 7 heteroatoms. The second-order valence-corrected chi connectivity index (χ2v) is 5.24. The van der Waals surface area contributed by atoms with Crippen LogP contribution in [0.15, 0.2) is 12.1 Å². The summed E-state index contributed by atoms with van der Waals surface area (Å²) in [5.41, 5.74) is -1.96. The van der Waals surface area contributed by atoms with Gasteiger partial charge in [0.25, 0.3) is 5.91 Å². The van der Waals surface area contributed by atoms with Crippen LogP contribution in [0.4, 0.5) is 18.9 Å². The number of hydrogen-bond donors (Lipinski definition) is 1. The molecule has 0 bridgehead atoms. The second kappa shape index (κ2) is 5.05. The van der Waals surface area contributed by atoms with Gasteiger partial charge in [0.05, 0.1) is 0 Å². The van der Waals surface area contributed by atoms with E-state index in [1.807, 2.05) is 0 Å². The molecule has 1 aromatic rings. The molecule has 1 N–H and O–H groups in total. The van der Waals surface area contributed by atoms with E-state index in [1.54, 1.807) is 6.92 Å². The Morgan fingerprint density at radius 3 is 2.24 bits per heavy atom. The maximum atomic E-state index is 13.9. The van der Waals surface area contributed by atoms with Crippen LogP contribution in [0.3, 0.4) is 0 Å². The fourth-order valence-electron chi connectivity index (χ4n) is 2.29. The lowest BCUT2D eigenvalue weighted by molar-refractivity contribution is -0.137. The molecule has 1 aliphatic rings. The Kier molecular flexibility index (Phi) is 3.69. The highest BCUT2D eigenvalue weighted by Gasteiger charge is 2.47. The number of halogens is 3. The van der Waals surface area contributed by atoms with Crippen molar-refractivity contribution < 1.29 is 22.8 Å². The lowest BCUT2D eigenvalue weighted by Crippen LogP contribution is -2.69. The highest BCUT2D eigenvalue weighted by atomic mass is 19.1. The number of carbonyl (C=O) groups excluding carboxylic acids is 2. The summed E-state index contributed by atoms with van der Waals surface area (Å²) in [5.74, 6) is -4.70. The van der Waals surface area contributed by atoms with Crippen LogP contribution in [0.5, 0.6) is 0 Å². The Hall–Kier alpha value is -2.05. The van der Waals surface area contributed by atoms with Crippen LogP contribution >= 0.6 is 0 Å². The van der Waals surface area contributed by atoms with Gasteiger partial charge < -0.3 is 5.32 Å². The van der Waals surface area contributed by atoms with Gasteiger partial charge in [0.1, 0.15) is 23.1 Å². The van der Waals surface area contributed by atoms with Crippen molar-refractivity contribution in [2.75, 3.05) is 4.90 Å². The van der Waals surface area contributed by atoms with E-state index in [0.717, 1.165) is 4.90 Å². The van der Waals surface area contributed by atoms with E-state index >= 15 is 0 Å². The Balaban J connectivity index is 2.60. The maximum Gasteiger partial charge on any atom is 0.253 e. The maximum absolute atomic E-state index is 13.9. The molecule has 1 heterocycles. The molecule has 0 radical (unpaired) electrons. The molecular weight excluding hydrogens is 285 g/mol. The molecule has 2 rings (SSSR count). The van der Waals surface area contributed by atoms with E-state index in [9.17, 15) is 22.8 Å². The molecule has 1 aromatic carbocycles. The number of nitrogens with one attached hydrogen (secondary N) is 1. The SMILES string of the molecule is CCC1(C)NC(=O)C(C)N(c2c(F)cc(F)cc2F)C1=O. The molecule has 2 unspecified atom stereocenters. The number of nitrogens with zero attached hydrogens (tertiary/aromatic N) is 1. The van der Waals surface area contributed by atoms with E-state index in [-0.39, 0.29) is 6.42 Å². The number of amides is 2. The van der Waals surface area contributed by atoms with Gasteiger partial charge in [-0.2, -0.15) is 0 Å². The average Bonchev–Trinajstić information content (AvgIpc) is 2.39. The van der Waals surface area contributed by atoms with Crippen molar-refractivity contribution in [3.8, 4) is 0 Å². The summed E-state index contributed by atoms with van der Waals surface area (Å²) in [7, 11) is 0. The molecular formula is C14H15F3N2O2. The Bertz CT molecular complexity index is 597. The van der Waals surface area contributed by atoms with Crippen molar-refractivity contribution in [2.45, 2.75) is 38.8 Å². The number of hydrogen-bond acceptors (Lipinski definition) is 2. The van der Waals surface area contributed by atoms with Crippen LogP contribution in [-0.2, 0) is 9.59 Å². The molecule has 0 spiro atoms. The molecule has 2 amide bonds. The quantitative estimate of drug-likeness (QED) is 0.909. The lowest BCUT2D eigenvalue weighted by Gasteiger charge is -2.42. The molecule has 1 fully saturated rings. The summed E-state index contributed by atoms with van der Waals surface area (Å²) in [6, 6.07) is -0.130. The fourth-order valence-corrected chi connectivity index (χ4v) is 2.29. The third-order valence-corrected chi connectivity index (χ3v) is 3.79. The summed E-state index contributed by atoms with van der Waals surface area (Å²) >= 11 is 0. The first-order valence-corrected chi connectivity index (χ1v) is 6.51. The van der Waals surface area contributed by atoms with Crippen LogP contribution in [0, 0.1) is 17.5 Å². The van der Waals surface area contributed by atoms with Crippen LogP contribution in [0.1, 0.15) is 27.2 Å². The standard InChI is InChI=1S/C14H15F3N2O2/c1-4-14(3)13(21)19(7(2)12(20)18-14)11-9(16)5-8(15)6-10(11)17/h5-7H,4H2,1-3H3,(H,18,20). The number of piperazine rings is 1. The largest absolute Gasteiger partial charge is 0.340 e. The van der Waals surface area contributed by atoms with Crippen molar-refractivity contribution in [1.82, 2.24) is 5.32 Å². The van der Waals surface area contributed by atoms with Crippen LogP contribution in [0.2, 0.25) is 0 Å². The van der Waals surface area contributed by atoms with Crippen molar-refractivity contribution in [3.05, 3.63) is 29.6 Å². The average molecular weight is 300 g/mol. The number of carbonyl (C=O) groups is 2. The van der Waals surface area contributed by atoms with Gasteiger partial charge in [0.15, 0.2) is 11.6 Å². The zero-order chi connectivity index (χ0) is 15.9. The molecule has 114 valence electrons. The summed E-state index contributed by atoms with van der Waals surface area (Å²) in [4.78, 5) is 25.2. The number of anilines is 1. The number of rotatable bonds is 2. The predicted molar refractivity (Wildman–Crippen MR) is 70.1 cm³/mol. The Morgan fingerprint density at radius 1 is 1.24 bits per heavy atom. The molecule has 0 aromatic heterocycles. The van der Waals surface area contributed by atoms with Gasteiger partial charge in [-0.3, -0.25) is 14.5 Å². The number of benzene rings is 1. The summed E-state index contributed by atoms with van der Waals surface area (Å²) in [6.45, 7) is 4.50. The fraction of sp³-hybridized carbons (Fsp3) is 0.429. The van der Waals surface area contributed by atoms with Crippen LogP contribution in [0.25, 0.3) is 0 Å². The van der Waals surface area contributed by atoms with E-state index in [2.05, 4.69) is 5.32 Å². The lowest BCUT2D eigenvalue weighted by atomic mass is 9.91. The minimum absolute atomic E-state index is 0.255. The molecule has 4 nitrogen and oxygen atoms in total. The van der Waals surface area contributed by atoms with Gasteiger partial charge in [-0.25, -0.2) is 13.2 Å². The third-order valence-electron chi connectivity index (χ3n) is 3.79. The van der Waals surface area contributed by atoms with Gasteiger partial charge in [0, 0.05) is 12.1 Å². The Labute approximate surface area is 119 Å². The highest BCUT2D eigenvalue weighted by Crippen LogP contribution is 2.31. The van der Waals surface area contributed by atoms with E-state index < -0.39 is 46.5 Å². The van der Waals surface area contributed by atoms with Crippen LogP contribution in [-0.4, -0.2) is 23.4 Å². The first-order valence-electron chi connectivity index (χ1n) is 6.51. The van der Waals surface area contributed by atoms with Gasteiger partial charge >= 0.3 is 0 Å². The third kappa shape index (κ3) is 2.36. The van der Waals surface area contributed by atoms with E-state index in [4.69, 9.17) is 0 Å². The van der Waals surface area contributed by atoms with Crippen LogP contribution < -0.4 is 10.2 Å². The van der Waals surface area contributed by atoms with Gasteiger partial charge in [-0.05, 0) is 20.3 Å². The van der Waals surface area contributed by atoms with Crippen molar-refractivity contribution in [1.29, 1.82) is 0 Å². The molecule has 2 atom stereocenters. The summed E-state index contributed by atoms with van der Waals surface area (Å²) in [6.07, 6.45) is 0.255. The van der Waals surface area contributed by atoms with Crippen molar-refractivity contribution in [2.24, 2.45) is 0 Å². The predicted octanol–water partition coefficient (Wildman–Crippen LogP) is 2.12. The molecule has 1 aliphatic heterocycles. The van der Waals surface area contributed by atoms with Crippen molar-refractivity contribution >= 4 is 17.5 Å². The molecule has 0 aliphatic carbocycles. The van der Waals surface area contributed by atoms with Gasteiger partial charge in [0.2, 0.25) is 5.91 Å². The van der Waals surface area contributed by atoms with Crippen molar-refractivity contribution in [3.63, 3.8) is 0 Å². The monoisotopic (exact) mass is 300 g/mol. The minimum Gasteiger partial charge on any atom is -0.340 e. The zero-order valence-electron chi connectivity index (χ0n) is 11.8. The second-order valence-electron chi connectivity index (χ2n) is 5.24. The normalized spacial score (nSPS) is 26.0. The van der Waals surface area contributed by atoms with Gasteiger partial charge in [-0.15, -0.1) is 0 Å². The van der Waals surface area contributed by atoms with E-state index in [1.165, 1.54) is 13.8 Å². The van der Waals surface area contributed by atoms with E-state index in [0.29, 0.717) is 12.1 Å². The zero-order valence-corrected chi connectivity index (χ0v) is 11.8. The molecule has 0 saturated carbocycles. The minimum atomic E-state index is -1.25. The first-order chi connectivity index (χ1) is 9.71. The summed E-state index contributed by atoms with van der Waals surface area (Å²) < 4.78 is 40.8. The summed E-state index contributed by atoms with van der Waals surface area (Å²) in [5, 5.41) is 2.54. The highest BCUT2D eigenvalue weighted by molar-refractivity contribution is 6.10. The van der Waals surface area contributed by atoms with Gasteiger partial charge in [-0.1, -0.05) is 6.92 Å². The Morgan fingerprint density at radius 2 is 1.76 bits per heavy atom. The molecule has 1 saturated heterocycles.